The zero-order valence-electron chi connectivity index (χ0n) is 10.6. The van der Waals surface area contributed by atoms with Gasteiger partial charge in [0.05, 0.1) is 4.90 Å². The van der Waals surface area contributed by atoms with Crippen molar-refractivity contribution in [2.75, 3.05) is 6.26 Å². The lowest BCUT2D eigenvalue weighted by molar-refractivity contribution is 0.100. The van der Waals surface area contributed by atoms with E-state index in [1.54, 1.807) is 19.1 Å². The average molecular weight is 281 g/mol. The standard InChI is InChI=1S/C12H15N3O3S/c1-3-4-8-5-6-9(11(16)15-12(13)14)7-10(8)19(2,17)18/h3-7H,1-2H3,(H4,13,14,15,16)/b4-3-. The number of rotatable bonds is 3. The van der Waals surface area contributed by atoms with E-state index < -0.39 is 15.7 Å². The van der Waals surface area contributed by atoms with Gasteiger partial charge in [0, 0.05) is 11.8 Å². The smallest absolute Gasteiger partial charge is 0.280 e. The SMILES string of the molecule is C/C=C\c1ccc(C(=O)N=C(N)N)cc1S(C)(=O)=O. The third-order valence-electron chi connectivity index (χ3n) is 2.24. The molecule has 0 atom stereocenters. The Morgan fingerprint density at radius 2 is 1.95 bits per heavy atom. The molecule has 1 aromatic rings. The monoisotopic (exact) mass is 281 g/mol. The van der Waals surface area contributed by atoms with Crippen molar-refractivity contribution in [3.63, 3.8) is 0 Å². The van der Waals surface area contributed by atoms with Crippen molar-refractivity contribution in [3.8, 4) is 0 Å². The molecule has 0 heterocycles. The highest BCUT2D eigenvalue weighted by Crippen LogP contribution is 2.20. The first-order valence-electron chi connectivity index (χ1n) is 5.36. The summed E-state index contributed by atoms with van der Waals surface area (Å²) in [7, 11) is -3.45. The van der Waals surface area contributed by atoms with Crippen LogP contribution in [0.1, 0.15) is 22.8 Å². The van der Waals surface area contributed by atoms with Crippen molar-refractivity contribution in [3.05, 3.63) is 35.4 Å². The number of aliphatic imine (C=N–C) groups is 1. The van der Waals surface area contributed by atoms with E-state index in [1.165, 1.54) is 18.2 Å². The quantitative estimate of drug-likeness (QED) is 0.619. The molecule has 0 saturated carbocycles. The second-order valence-electron chi connectivity index (χ2n) is 3.87. The number of carbonyl (C=O) groups is 1. The molecule has 0 bridgehead atoms. The van der Waals surface area contributed by atoms with Crippen LogP contribution in [0.2, 0.25) is 0 Å². The fraction of sp³-hybridized carbons (Fsp3) is 0.167. The van der Waals surface area contributed by atoms with Crippen LogP contribution in [0, 0.1) is 0 Å². The molecule has 0 aliphatic rings. The predicted octanol–water partition coefficient (Wildman–Crippen LogP) is 0.537. The Hall–Kier alpha value is -2.15. The van der Waals surface area contributed by atoms with Gasteiger partial charge in [0.2, 0.25) is 0 Å². The Bertz CT molecular complexity index is 657. The average Bonchev–Trinajstić information content (AvgIpc) is 2.27. The molecule has 0 aromatic heterocycles. The Labute approximate surface area is 111 Å². The van der Waals surface area contributed by atoms with E-state index in [0.29, 0.717) is 5.56 Å². The van der Waals surface area contributed by atoms with Crippen LogP contribution in [0.25, 0.3) is 6.08 Å². The molecule has 0 unspecified atom stereocenters. The van der Waals surface area contributed by atoms with E-state index in [1.807, 2.05) is 0 Å². The van der Waals surface area contributed by atoms with E-state index in [0.717, 1.165) is 6.26 Å². The van der Waals surface area contributed by atoms with Crippen LogP contribution in [0.5, 0.6) is 0 Å². The van der Waals surface area contributed by atoms with Crippen molar-refractivity contribution in [1.29, 1.82) is 0 Å². The van der Waals surface area contributed by atoms with Crippen LogP contribution in [-0.2, 0) is 9.84 Å². The van der Waals surface area contributed by atoms with Crippen LogP contribution in [0.4, 0.5) is 0 Å². The van der Waals surface area contributed by atoms with Gasteiger partial charge in [-0.2, -0.15) is 4.99 Å². The molecule has 19 heavy (non-hydrogen) atoms. The van der Waals surface area contributed by atoms with E-state index in [9.17, 15) is 13.2 Å². The maximum Gasteiger partial charge on any atom is 0.280 e. The molecule has 0 saturated heterocycles. The maximum atomic E-state index is 11.7. The van der Waals surface area contributed by atoms with Crippen molar-refractivity contribution >= 4 is 27.8 Å². The van der Waals surface area contributed by atoms with E-state index in [2.05, 4.69) is 4.99 Å². The Balaban J connectivity index is 3.43. The fourth-order valence-corrected chi connectivity index (χ4v) is 2.39. The summed E-state index contributed by atoms with van der Waals surface area (Å²) in [4.78, 5) is 15.1. The van der Waals surface area contributed by atoms with Gasteiger partial charge < -0.3 is 11.5 Å². The van der Waals surface area contributed by atoms with Gasteiger partial charge in [0.15, 0.2) is 15.8 Å². The maximum absolute atomic E-state index is 11.7. The van der Waals surface area contributed by atoms with Crippen LogP contribution in [-0.4, -0.2) is 26.5 Å². The van der Waals surface area contributed by atoms with Gasteiger partial charge in [-0.05, 0) is 24.6 Å². The molecule has 0 aliphatic heterocycles. The molecule has 1 amide bonds. The van der Waals surface area contributed by atoms with Crippen molar-refractivity contribution in [2.24, 2.45) is 16.5 Å². The lowest BCUT2D eigenvalue weighted by atomic mass is 10.1. The Morgan fingerprint density at radius 1 is 1.32 bits per heavy atom. The summed E-state index contributed by atoms with van der Waals surface area (Å²) in [6.45, 7) is 1.77. The topological polar surface area (TPSA) is 116 Å². The minimum absolute atomic E-state index is 0.0576. The first kappa shape index (κ1) is 14.9. The van der Waals surface area contributed by atoms with Gasteiger partial charge in [0.25, 0.3) is 5.91 Å². The number of hydrogen-bond acceptors (Lipinski definition) is 3. The highest BCUT2D eigenvalue weighted by atomic mass is 32.2. The van der Waals surface area contributed by atoms with Crippen molar-refractivity contribution in [1.82, 2.24) is 0 Å². The molecule has 4 N–H and O–H groups in total. The van der Waals surface area contributed by atoms with E-state index >= 15 is 0 Å². The number of benzene rings is 1. The Kier molecular flexibility index (Phi) is 4.44. The highest BCUT2D eigenvalue weighted by molar-refractivity contribution is 7.90. The zero-order chi connectivity index (χ0) is 14.6. The van der Waals surface area contributed by atoms with Crippen LogP contribution in [0.3, 0.4) is 0 Å². The van der Waals surface area contributed by atoms with Gasteiger partial charge in [0.1, 0.15) is 0 Å². The lowest BCUT2D eigenvalue weighted by Crippen LogP contribution is -2.24. The molecular formula is C12H15N3O3S. The number of allylic oxidation sites excluding steroid dienone is 1. The third-order valence-corrected chi connectivity index (χ3v) is 3.39. The summed E-state index contributed by atoms with van der Waals surface area (Å²) in [5, 5.41) is 0. The van der Waals surface area contributed by atoms with Crippen molar-refractivity contribution in [2.45, 2.75) is 11.8 Å². The molecule has 1 rings (SSSR count). The van der Waals surface area contributed by atoms with Crippen LogP contribution in [0.15, 0.2) is 34.2 Å². The molecule has 102 valence electrons. The molecule has 7 heteroatoms. The number of carbonyl (C=O) groups excluding carboxylic acids is 1. The van der Waals surface area contributed by atoms with Crippen molar-refractivity contribution < 1.29 is 13.2 Å². The van der Waals surface area contributed by atoms with E-state index in [4.69, 9.17) is 11.5 Å². The minimum Gasteiger partial charge on any atom is -0.370 e. The molecule has 0 fully saturated rings. The number of hydrogen-bond donors (Lipinski definition) is 2. The number of guanidine groups is 1. The number of nitrogens with two attached hydrogens (primary N) is 2. The highest BCUT2D eigenvalue weighted by Gasteiger charge is 2.15. The first-order valence-corrected chi connectivity index (χ1v) is 7.25. The fourth-order valence-electron chi connectivity index (χ4n) is 1.49. The van der Waals surface area contributed by atoms with Gasteiger partial charge in [-0.25, -0.2) is 8.42 Å². The minimum atomic E-state index is -3.45. The third kappa shape index (κ3) is 3.92. The summed E-state index contributed by atoms with van der Waals surface area (Å²) in [5.74, 6) is -1.06. The summed E-state index contributed by atoms with van der Waals surface area (Å²) in [5.41, 5.74) is 10.8. The molecule has 6 nitrogen and oxygen atoms in total. The molecule has 1 aromatic carbocycles. The number of sulfone groups is 1. The molecule has 0 aliphatic carbocycles. The summed E-state index contributed by atoms with van der Waals surface area (Å²) in [6.07, 6.45) is 4.43. The van der Waals surface area contributed by atoms with Gasteiger partial charge in [-0.3, -0.25) is 4.79 Å². The summed E-state index contributed by atoms with van der Waals surface area (Å²) >= 11 is 0. The first-order chi connectivity index (χ1) is 8.75. The zero-order valence-corrected chi connectivity index (χ0v) is 11.4. The Morgan fingerprint density at radius 3 is 2.42 bits per heavy atom. The summed E-state index contributed by atoms with van der Waals surface area (Å²) < 4.78 is 23.4. The summed E-state index contributed by atoms with van der Waals surface area (Å²) in [6, 6.07) is 4.27. The second-order valence-corrected chi connectivity index (χ2v) is 5.85. The van der Waals surface area contributed by atoms with Gasteiger partial charge in [-0.1, -0.05) is 18.2 Å². The molecule has 0 spiro atoms. The predicted molar refractivity (Wildman–Crippen MR) is 74.4 cm³/mol. The molecular weight excluding hydrogens is 266 g/mol. The second kappa shape index (κ2) is 5.66. The normalized spacial score (nSPS) is 11.5. The van der Waals surface area contributed by atoms with Gasteiger partial charge in [-0.15, -0.1) is 0 Å². The van der Waals surface area contributed by atoms with Crippen LogP contribution < -0.4 is 11.5 Å². The lowest BCUT2D eigenvalue weighted by Gasteiger charge is -2.06. The molecule has 0 radical (unpaired) electrons. The largest absolute Gasteiger partial charge is 0.370 e. The number of amides is 1. The van der Waals surface area contributed by atoms with Gasteiger partial charge >= 0.3 is 0 Å². The number of nitrogens with zero attached hydrogens (tertiary/aromatic N) is 1. The van der Waals surface area contributed by atoms with E-state index in [-0.39, 0.29) is 16.4 Å². The van der Waals surface area contributed by atoms with Crippen LogP contribution >= 0.6 is 0 Å².